The van der Waals surface area contributed by atoms with E-state index < -0.39 is 5.97 Å². The highest BCUT2D eigenvalue weighted by molar-refractivity contribution is 7.18. The molecule has 8 heteroatoms. The minimum absolute atomic E-state index is 0.141. The molecule has 3 aromatic rings. The second-order valence-corrected chi connectivity index (χ2v) is 9.00. The monoisotopic (exact) mass is 479 g/mol. The molecule has 0 bridgehead atoms. The van der Waals surface area contributed by atoms with Gasteiger partial charge in [0.2, 0.25) is 5.91 Å². The average molecular weight is 480 g/mol. The van der Waals surface area contributed by atoms with E-state index in [4.69, 9.17) is 9.47 Å². The number of ether oxygens (including phenoxy) is 2. The fourth-order valence-electron chi connectivity index (χ4n) is 3.94. The number of nitrogens with zero attached hydrogens (tertiary/aromatic N) is 2. The zero-order valence-electron chi connectivity index (χ0n) is 19.5. The Hall–Kier alpha value is -3.36. The summed E-state index contributed by atoms with van der Waals surface area (Å²) < 4.78 is 10.5. The van der Waals surface area contributed by atoms with Gasteiger partial charge in [-0.05, 0) is 30.7 Å². The van der Waals surface area contributed by atoms with Gasteiger partial charge in [0.25, 0.3) is 0 Å². The van der Waals surface area contributed by atoms with Crippen molar-refractivity contribution in [3.63, 3.8) is 0 Å². The van der Waals surface area contributed by atoms with Crippen molar-refractivity contribution >= 4 is 34.6 Å². The van der Waals surface area contributed by atoms with Crippen molar-refractivity contribution in [2.75, 3.05) is 56.7 Å². The molecule has 2 heterocycles. The van der Waals surface area contributed by atoms with Crippen molar-refractivity contribution in [2.24, 2.45) is 0 Å². The SMILES string of the molecule is CCOC(=O)c1sc(-c2ccccc2)cc1NC(=O)CN1CCN(c2cccc(OC)c2)CC1. The van der Waals surface area contributed by atoms with Crippen LogP contribution in [0.25, 0.3) is 10.4 Å². The quantitative estimate of drug-likeness (QED) is 0.484. The van der Waals surface area contributed by atoms with Gasteiger partial charge in [0.15, 0.2) is 0 Å². The van der Waals surface area contributed by atoms with E-state index in [1.54, 1.807) is 14.0 Å². The number of thiophene rings is 1. The van der Waals surface area contributed by atoms with Crippen LogP contribution in [0.1, 0.15) is 16.6 Å². The molecule has 1 saturated heterocycles. The van der Waals surface area contributed by atoms with Crippen molar-refractivity contribution < 1.29 is 19.1 Å². The topological polar surface area (TPSA) is 71.1 Å². The molecule has 0 radical (unpaired) electrons. The maximum atomic E-state index is 12.9. The molecule has 0 spiro atoms. The Morgan fingerprint density at radius 1 is 1.00 bits per heavy atom. The Kier molecular flexibility index (Phi) is 7.82. The molecule has 2 aromatic carbocycles. The van der Waals surface area contributed by atoms with Crippen LogP contribution in [0.5, 0.6) is 5.75 Å². The predicted molar refractivity (Wildman–Crippen MR) is 136 cm³/mol. The maximum absolute atomic E-state index is 12.9. The van der Waals surface area contributed by atoms with Gasteiger partial charge in [0.05, 0.1) is 25.9 Å². The molecule has 1 N–H and O–H groups in total. The van der Waals surface area contributed by atoms with E-state index in [1.165, 1.54) is 11.3 Å². The number of carbonyl (C=O) groups excluding carboxylic acids is 2. The third kappa shape index (κ3) is 5.76. The molecular weight excluding hydrogens is 450 g/mol. The summed E-state index contributed by atoms with van der Waals surface area (Å²) in [6.45, 7) is 5.51. The summed E-state index contributed by atoms with van der Waals surface area (Å²) in [7, 11) is 1.67. The first kappa shape index (κ1) is 23.8. The first-order chi connectivity index (χ1) is 16.6. The summed E-state index contributed by atoms with van der Waals surface area (Å²) in [4.78, 5) is 31.1. The number of hydrogen-bond donors (Lipinski definition) is 1. The number of benzene rings is 2. The third-order valence-corrected chi connectivity index (χ3v) is 6.85. The Morgan fingerprint density at radius 2 is 1.76 bits per heavy atom. The number of hydrogen-bond acceptors (Lipinski definition) is 7. The second kappa shape index (κ2) is 11.2. The molecule has 1 aromatic heterocycles. The van der Waals surface area contributed by atoms with E-state index in [1.807, 2.05) is 54.6 Å². The van der Waals surface area contributed by atoms with Crippen molar-refractivity contribution in [1.29, 1.82) is 0 Å². The Morgan fingerprint density at radius 3 is 2.47 bits per heavy atom. The van der Waals surface area contributed by atoms with Crippen LogP contribution in [0.3, 0.4) is 0 Å². The molecule has 1 aliphatic rings. The predicted octanol–water partition coefficient (Wildman–Crippen LogP) is 4.36. The molecule has 0 aliphatic carbocycles. The summed E-state index contributed by atoms with van der Waals surface area (Å²) in [5.41, 5.74) is 2.61. The molecule has 4 rings (SSSR count). The number of methoxy groups -OCH3 is 1. The highest BCUT2D eigenvalue weighted by Crippen LogP contribution is 2.35. The molecule has 178 valence electrons. The zero-order chi connectivity index (χ0) is 23.9. The lowest BCUT2D eigenvalue weighted by Gasteiger charge is -2.35. The summed E-state index contributed by atoms with van der Waals surface area (Å²) in [5.74, 6) is 0.275. The summed E-state index contributed by atoms with van der Waals surface area (Å²) in [5, 5.41) is 2.94. The minimum atomic E-state index is -0.420. The van der Waals surface area contributed by atoms with E-state index in [0.29, 0.717) is 10.6 Å². The van der Waals surface area contributed by atoms with Crippen LogP contribution in [0.2, 0.25) is 0 Å². The lowest BCUT2D eigenvalue weighted by atomic mass is 10.2. The number of nitrogens with one attached hydrogen (secondary N) is 1. The van der Waals surface area contributed by atoms with Gasteiger partial charge in [-0.25, -0.2) is 4.79 Å². The van der Waals surface area contributed by atoms with Gasteiger partial charge >= 0.3 is 5.97 Å². The lowest BCUT2D eigenvalue weighted by Crippen LogP contribution is -2.48. The molecule has 0 saturated carbocycles. The van der Waals surface area contributed by atoms with Gasteiger partial charge in [0.1, 0.15) is 10.6 Å². The van der Waals surface area contributed by atoms with Crippen molar-refractivity contribution in [1.82, 2.24) is 4.90 Å². The van der Waals surface area contributed by atoms with Gasteiger partial charge in [-0.1, -0.05) is 36.4 Å². The first-order valence-corrected chi connectivity index (χ1v) is 12.2. The van der Waals surface area contributed by atoms with Crippen LogP contribution in [0.15, 0.2) is 60.7 Å². The van der Waals surface area contributed by atoms with Gasteiger partial charge in [-0.15, -0.1) is 11.3 Å². The molecule has 0 unspecified atom stereocenters. The van der Waals surface area contributed by atoms with Crippen LogP contribution in [-0.4, -0.2) is 63.2 Å². The number of rotatable bonds is 8. The highest BCUT2D eigenvalue weighted by atomic mass is 32.1. The number of anilines is 2. The number of amides is 1. The van der Waals surface area contributed by atoms with E-state index in [2.05, 4.69) is 21.2 Å². The zero-order valence-corrected chi connectivity index (χ0v) is 20.3. The van der Waals surface area contributed by atoms with Gasteiger partial charge < -0.3 is 19.7 Å². The highest BCUT2D eigenvalue weighted by Gasteiger charge is 2.23. The minimum Gasteiger partial charge on any atom is -0.497 e. The molecule has 1 amide bonds. The Balaban J connectivity index is 1.39. The van der Waals surface area contributed by atoms with Gasteiger partial charge in [-0.3, -0.25) is 9.69 Å². The molecular formula is C26H29N3O4S. The molecule has 1 fully saturated rings. The van der Waals surface area contributed by atoms with Crippen LogP contribution in [-0.2, 0) is 9.53 Å². The smallest absolute Gasteiger partial charge is 0.350 e. The average Bonchev–Trinajstić information content (AvgIpc) is 3.29. The standard InChI is InChI=1S/C26H29N3O4S/c1-3-33-26(31)25-22(17-23(34-25)19-8-5-4-6-9-19)27-24(30)18-28-12-14-29(15-13-28)20-10-7-11-21(16-20)32-2/h4-11,16-17H,3,12-15,18H2,1-2H3,(H,27,30). The van der Waals surface area contributed by atoms with E-state index >= 15 is 0 Å². The van der Waals surface area contributed by atoms with E-state index in [0.717, 1.165) is 48.1 Å². The number of esters is 1. The molecule has 0 atom stereocenters. The molecule has 34 heavy (non-hydrogen) atoms. The number of carbonyl (C=O) groups is 2. The maximum Gasteiger partial charge on any atom is 0.350 e. The summed E-state index contributed by atoms with van der Waals surface area (Å²) >= 11 is 1.33. The van der Waals surface area contributed by atoms with Crippen LogP contribution >= 0.6 is 11.3 Å². The Labute approximate surface area is 203 Å². The molecule has 1 aliphatic heterocycles. The fourth-order valence-corrected chi connectivity index (χ4v) is 4.95. The second-order valence-electron chi connectivity index (χ2n) is 7.95. The van der Waals surface area contributed by atoms with Crippen LogP contribution in [0.4, 0.5) is 11.4 Å². The van der Waals surface area contributed by atoms with Crippen molar-refractivity contribution in [3.8, 4) is 16.2 Å². The van der Waals surface area contributed by atoms with Crippen molar-refractivity contribution in [2.45, 2.75) is 6.92 Å². The van der Waals surface area contributed by atoms with E-state index in [-0.39, 0.29) is 19.1 Å². The van der Waals surface area contributed by atoms with Crippen LogP contribution < -0.4 is 15.0 Å². The fraction of sp³-hybridized carbons (Fsp3) is 0.308. The van der Waals surface area contributed by atoms with Gasteiger partial charge in [0, 0.05) is 42.8 Å². The lowest BCUT2D eigenvalue weighted by molar-refractivity contribution is -0.117. The first-order valence-electron chi connectivity index (χ1n) is 11.3. The number of piperazine rings is 1. The third-order valence-electron chi connectivity index (χ3n) is 5.68. The largest absolute Gasteiger partial charge is 0.497 e. The van der Waals surface area contributed by atoms with Crippen molar-refractivity contribution in [3.05, 3.63) is 65.5 Å². The molecule has 7 nitrogen and oxygen atoms in total. The van der Waals surface area contributed by atoms with Gasteiger partial charge in [-0.2, -0.15) is 0 Å². The Bertz CT molecular complexity index is 1120. The summed E-state index contributed by atoms with van der Waals surface area (Å²) in [6.07, 6.45) is 0. The van der Waals surface area contributed by atoms with E-state index in [9.17, 15) is 9.59 Å². The normalized spacial score (nSPS) is 14.0. The summed E-state index contributed by atoms with van der Waals surface area (Å²) in [6, 6.07) is 19.7. The van der Waals surface area contributed by atoms with Crippen LogP contribution in [0, 0.1) is 0 Å².